The maximum absolute atomic E-state index is 4.98. The van der Waals surface area contributed by atoms with Crippen LogP contribution in [-0.4, -0.2) is 19.5 Å². The number of benzene rings is 9. The summed E-state index contributed by atoms with van der Waals surface area (Å²) in [6, 6.07) is 73.8. The molecule has 0 saturated carbocycles. The molecule has 0 aliphatic rings. The Labute approximate surface area is 370 Å². The average Bonchev–Trinajstić information content (AvgIpc) is 4.04. The van der Waals surface area contributed by atoms with Crippen LogP contribution in [0.3, 0.4) is 0 Å². The smallest absolute Gasteiger partial charge is 0.164 e. The van der Waals surface area contributed by atoms with Gasteiger partial charge in [0.05, 0.1) is 11.0 Å². The SMILES string of the molecule is c1ccc(-c2nc(-c3ccccc3)nc(-c3ccc(-c4cccc(-c5cc(-n6c7ccccc7c7ccccc76)cc6c5sc5ccc7c8ccccc8sc7c56)c4)cc3)n2)cc1. The highest BCUT2D eigenvalue weighted by Crippen LogP contribution is 2.48. The number of aromatic nitrogens is 4. The standard InChI is InChI=1S/C57H34N4S2/c1-3-14-36(15-4-1)55-58-56(37-16-5-2-6-17-37)60-57(59-55)38-28-26-35(27-29-38)39-18-13-19-40(32-39)46-33-41(61-48-23-10-7-20-42(48)43-21-8-11-24-49(43)61)34-47-52-51(63-53(46)47)31-30-45-44-22-9-12-25-50(44)62-54(45)52/h1-34H. The minimum absolute atomic E-state index is 0.643. The van der Waals surface area contributed by atoms with Gasteiger partial charge in [-0.1, -0.05) is 164 Å². The first-order chi connectivity index (χ1) is 31.2. The van der Waals surface area contributed by atoms with E-state index in [2.05, 4.69) is 150 Å². The Kier molecular flexibility index (Phi) is 8.22. The molecular weight excluding hydrogens is 805 g/mol. The van der Waals surface area contributed by atoms with E-state index in [4.69, 9.17) is 15.0 Å². The van der Waals surface area contributed by atoms with Gasteiger partial charge in [-0.2, -0.15) is 0 Å². The number of para-hydroxylation sites is 2. The normalized spacial score (nSPS) is 11.8. The second-order valence-corrected chi connectivity index (χ2v) is 18.1. The Morgan fingerprint density at radius 3 is 1.51 bits per heavy atom. The summed E-state index contributed by atoms with van der Waals surface area (Å²) < 4.78 is 7.73. The molecule has 13 rings (SSSR count). The van der Waals surface area contributed by atoms with Crippen molar-refractivity contribution < 1.29 is 0 Å². The zero-order valence-corrected chi connectivity index (χ0v) is 35.4. The lowest BCUT2D eigenvalue weighted by Crippen LogP contribution is -2.00. The molecular formula is C57H34N4S2. The first kappa shape index (κ1) is 35.9. The van der Waals surface area contributed by atoms with Crippen LogP contribution in [0.5, 0.6) is 0 Å². The molecule has 0 aliphatic heterocycles. The van der Waals surface area contributed by atoms with E-state index in [9.17, 15) is 0 Å². The molecule has 9 aromatic carbocycles. The average molecular weight is 839 g/mol. The largest absolute Gasteiger partial charge is 0.309 e. The van der Waals surface area contributed by atoms with Crippen molar-refractivity contribution in [2.45, 2.75) is 0 Å². The van der Waals surface area contributed by atoms with Gasteiger partial charge in [-0.25, -0.2) is 15.0 Å². The van der Waals surface area contributed by atoms with Crippen molar-refractivity contribution in [3.63, 3.8) is 0 Å². The van der Waals surface area contributed by atoms with Crippen LogP contribution in [0.15, 0.2) is 206 Å². The van der Waals surface area contributed by atoms with Crippen molar-refractivity contribution in [1.29, 1.82) is 0 Å². The summed E-state index contributed by atoms with van der Waals surface area (Å²) in [7, 11) is 0. The van der Waals surface area contributed by atoms with Gasteiger partial charge in [0.2, 0.25) is 0 Å². The molecule has 63 heavy (non-hydrogen) atoms. The number of hydrogen-bond acceptors (Lipinski definition) is 5. The number of rotatable bonds is 6. The van der Waals surface area contributed by atoms with Crippen LogP contribution in [0, 0.1) is 0 Å². The second-order valence-electron chi connectivity index (χ2n) is 16.0. The summed E-state index contributed by atoms with van der Waals surface area (Å²) in [6.07, 6.45) is 0. The van der Waals surface area contributed by atoms with Gasteiger partial charge in [0, 0.05) is 79.1 Å². The number of nitrogens with zero attached hydrogens (tertiary/aromatic N) is 4. The summed E-state index contributed by atoms with van der Waals surface area (Å²) in [5.41, 5.74) is 11.1. The van der Waals surface area contributed by atoms with Crippen molar-refractivity contribution in [2.24, 2.45) is 0 Å². The summed E-state index contributed by atoms with van der Waals surface area (Å²) in [4.78, 5) is 14.8. The second kappa shape index (κ2) is 14.4. The fraction of sp³-hybridized carbons (Fsp3) is 0. The van der Waals surface area contributed by atoms with E-state index in [1.54, 1.807) is 0 Å². The van der Waals surface area contributed by atoms with Crippen LogP contribution in [0.25, 0.3) is 124 Å². The predicted octanol–water partition coefficient (Wildman–Crippen LogP) is 16.0. The van der Waals surface area contributed by atoms with Crippen LogP contribution in [0.4, 0.5) is 0 Å². The van der Waals surface area contributed by atoms with Gasteiger partial charge in [-0.3, -0.25) is 0 Å². The van der Waals surface area contributed by atoms with Crippen molar-refractivity contribution in [2.75, 3.05) is 0 Å². The van der Waals surface area contributed by atoms with Crippen molar-refractivity contribution in [3.8, 4) is 62.1 Å². The van der Waals surface area contributed by atoms with E-state index in [0.29, 0.717) is 17.5 Å². The summed E-state index contributed by atoms with van der Waals surface area (Å²) in [5.74, 6) is 1.95. The van der Waals surface area contributed by atoms with Crippen LogP contribution in [-0.2, 0) is 0 Å². The molecule has 4 aromatic heterocycles. The van der Waals surface area contributed by atoms with Gasteiger partial charge < -0.3 is 4.57 Å². The van der Waals surface area contributed by atoms with Gasteiger partial charge in [-0.05, 0) is 59.2 Å². The van der Waals surface area contributed by atoms with E-state index in [0.717, 1.165) is 33.5 Å². The lowest BCUT2D eigenvalue weighted by atomic mass is 9.96. The van der Waals surface area contributed by atoms with Gasteiger partial charge >= 0.3 is 0 Å². The predicted molar refractivity (Wildman–Crippen MR) is 267 cm³/mol. The molecule has 0 unspecified atom stereocenters. The monoisotopic (exact) mass is 838 g/mol. The fourth-order valence-corrected chi connectivity index (χ4v) is 11.8. The van der Waals surface area contributed by atoms with E-state index in [1.807, 2.05) is 83.3 Å². The quantitative estimate of drug-likeness (QED) is 0.168. The molecule has 4 nitrogen and oxygen atoms in total. The Bertz CT molecular complexity index is 3790. The van der Waals surface area contributed by atoms with Crippen LogP contribution >= 0.6 is 22.7 Å². The summed E-state index contributed by atoms with van der Waals surface area (Å²) >= 11 is 3.81. The highest BCUT2D eigenvalue weighted by atomic mass is 32.1. The van der Waals surface area contributed by atoms with Crippen molar-refractivity contribution in [3.05, 3.63) is 206 Å². The lowest BCUT2D eigenvalue weighted by Gasteiger charge is -2.13. The Morgan fingerprint density at radius 2 is 0.841 bits per heavy atom. The molecule has 0 spiro atoms. The zero-order chi connectivity index (χ0) is 41.4. The van der Waals surface area contributed by atoms with Gasteiger partial charge in [0.15, 0.2) is 17.5 Å². The molecule has 0 radical (unpaired) electrons. The van der Waals surface area contributed by atoms with Crippen LogP contribution < -0.4 is 0 Å². The van der Waals surface area contributed by atoms with Crippen molar-refractivity contribution >= 4 is 84.8 Å². The van der Waals surface area contributed by atoms with Crippen LogP contribution in [0.1, 0.15) is 0 Å². The molecule has 0 N–H and O–H groups in total. The summed E-state index contributed by atoms with van der Waals surface area (Å²) in [6.45, 7) is 0. The number of thiophene rings is 2. The molecule has 0 bridgehead atoms. The molecule has 0 aliphatic carbocycles. The third-order valence-electron chi connectivity index (χ3n) is 12.3. The van der Waals surface area contributed by atoms with Gasteiger partial charge in [-0.15, -0.1) is 22.7 Å². The minimum atomic E-state index is 0.643. The number of fused-ring (bicyclic) bond motifs is 10. The molecule has 0 amide bonds. The molecule has 0 fully saturated rings. The third kappa shape index (κ3) is 5.91. The highest BCUT2D eigenvalue weighted by molar-refractivity contribution is 7.30. The van der Waals surface area contributed by atoms with Gasteiger partial charge in [0.25, 0.3) is 0 Å². The van der Waals surface area contributed by atoms with E-state index in [1.165, 1.54) is 73.3 Å². The van der Waals surface area contributed by atoms with Crippen molar-refractivity contribution in [1.82, 2.24) is 19.5 Å². The van der Waals surface area contributed by atoms with Crippen LogP contribution in [0.2, 0.25) is 0 Å². The molecule has 0 atom stereocenters. The molecule has 294 valence electrons. The lowest BCUT2D eigenvalue weighted by molar-refractivity contribution is 1.07. The maximum Gasteiger partial charge on any atom is 0.164 e. The first-order valence-electron chi connectivity index (χ1n) is 21.1. The highest BCUT2D eigenvalue weighted by Gasteiger charge is 2.20. The van der Waals surface area contributed by atoms with E-state index >= 15 is 0 Å². The summed E-state index contributed by atoms with van der Waals surface area (Å²) in [5, 5.41) is 7.78. The fourth-order valence-electron chi connectivity index (χ4n) is 9.29. The topological polar surface area (TPSA) is 43.6 Å². The molecule has 6 heteroatoms. The van der Waals surface area contributed by atoms with E-state index < -0.39 is 0 Å². The first-order valence-corrected chi connectivity index (χ1v) is 22.7. The zero-order valence-electron chi connectivity index (χ0n) is 33.7. The maximum atomic E-state index is 4.98. The minimum Gasteiger partial charge on any atom is -0.309 e. The molecule has 13 aromatic rings. The number of hydrogen-bond donors (Lipinski definition) is 0. The van der Waals surface area contributed by atoms with E-state index in [-0.39, 0.29) is 0 Å². The Morgan fingerprint density at radius 1 is 0.317 bits per heavy atom. The molecule has 0 saturated heterocycles. The third-order valence-corrected chi connectivity index (χ3v) is 14.7. The molecule has 4 heterocycles. The van der Waals surface area contributed by atoms with Gasteiger partial charge in [0.1, 0.15) is 0 Å². The Balaban J connectivity index is 0.978. The Hall–Kier alpha value is -7.77.